The minimum absolute atomic E-state index is 0.0628. The number of rotatable bonds is 18. The van der Waals surface area contributed by atoms with Gasteiger partial charge in [-0.15, -0.1) is 0 Å². The maximum atomic E-state index is 11.7. The number of ketones is 1. The molecule has 0 aromatic heterocycles. The quantitative estimate of drug-likeness (QED) is 0.111. The number of aliphatic hydroxyl groups excluding tert-OH is 3. The summed E-state index contributed by atoms with van der Waals surface area (Å²) in [6, 6.07) is 0. The highest BCUT2D eigenvalue weighted by Crippen LogP contribution is 2.18. The van der Waals surface area contributed by atoms with Gasteiger partial charge in [0.25, 0.3) is 0 Å². The Balaban J connectivity index is 3.91. The molecule has 0 aromatic rings. The average molecular weight is 418 g/mol. The van der Waals surface area contributed by atoms with Crippen molar-refractivity contribution in [3.63, 3.8) is 0 Å². The van der Waals surface area contributed by atoms with E-state index in [0.29, 0.717) is 18.6 Å². The van der Waals surface area contributed by atoms with Crippen LogP contribution in [-0.2, 0) is 9.59 Å². The van der Waals surface area contributed by atoms with E-state index in [1.165, 1.54) is 12.8 Å². The van der Waals surface area contributed by atoms with Gasteiger partial charge in [0.2, 0.25) is 0 Å². The van der Waals surface area contributed by atoms with E-state index in [2.05, 4.69) is 6.92 Å². The van der Waals surface area contributed by atoms with Gasteiger partial charge >= 0.3 is 5.97 Å². The molecule has 0 aromatic carbocycles. The molecule has 7 N–H and O–H groups in total. The summed E-state index contributed by atoms with van der Waals surface area (Å²) in [7, 11) is 0. The first-order valence-corrected chi connectivity index (χ1v) is 10.6. The van der Waals surface area contributed by atoms with E-state index in [9.17, 15) is 19.8 Å². The second-order valence-electron chi connectivity index (χ2n) is 7.63. The summed E-state index contributed by atoms with van der Waals surface area (Å²) < 4.78 is 0. The van der Waals surface area contributed by atoms with Gasteiger partial charge in [-0.25, -0.2) is 4.79 Å². The minimum atomic E-state index is -2.76. The standard InChI is InChI=1S/C21H39NO7/c1-2-3-4-10-13-16(23)14-11-8-6-5-7-9-12-15-17(24)18(25)21(22,19(26)27)20(28)29/h9,12,17-19,24-27H,2-8,10-11,13-15,22H2,1H3,(H,28,29). The van der Waals surface area contributed by atoms with Crippen molar-refractivity contribution < 1.29 is 35.1 Å². The van der Waals surface area contributed by atoms with Crippen molar-refractivity contribution in [1.29, 1.82) is 0 Å². The number of aliphatic hydroxyl groups is 4. The van der Waals surface area contributed by atoms with E-state index in [0.717, 1.165) is 44.9 Å². The third-order valence-corrected chi connectivity index (χ3v) is 5.08. The van der Waals surface area contributed by atoms with Crippen molar-refractivity contribution in [3.05, 3.63) is 12.2 Å². The maximum absolute atomic E-state index is 11.7. The molecule has 0 saturated carbocycles. The zero-order valence-electron chi connectivity index (χ0n) is 17.5. The summed E-state index contributed by atoms with van der Waals surface area (Å²) >= 11 is 0. The number of carboxylic acid groups (broad SMARTS) is 1. The topological polar surface area (TPSA) is 161 Å². The molecule has 0 aliphatic heterocycles. The largest absolute Gasteiger partial charge is 0.480 e. The van der Waals surface area contributed by atoms with Crippen molar-refractivity contribution in [2.75, 3.05) is 0 Å². The number of Topliss-reactive ketones (excluding diaryl/α,β-unsaturated/α-hetero) is 1. The molecule has 0 rings (SSSR count). The second-order valence-corrected chi connectivity index (χ2v) is 7.63. The van der Waals surface area contributed by atoms with E-state index in [-0.39, 0.29) is 6.42 Å². The average Bonchev–Trinajstić information content (AvgIpc) is 2.68. The number of hydrogen-bond donors (Lipinski definition) is 6. The molecule has 0 radical (unpaired) electrons. The monoisotopic (exact) mass is 417 g/mol. The Labute approximate surface area is 173 Å². The molecular weight excluding hydrogens is 378 g/mol. The van der Waals surface area contributed by atoms with Crippen molar-refractivity contribution >= 4 is 11.8 Å². The Morgan fingerprint density at radius 2 is 1.45 bits per heavy atom. The predicted molar refractivity (Wildman–Crippen MR) is 110 cm³/mol. The van der Waals surface area contributed by atoms with Gasteiger partial charge in [0.1, 0.15) is 11.9 Å². The fourth-order valence-corrected chi connectivity index (χ4v) is 3.00. The van der Waals surface area contributed by atoms with Crippen molar-refractivity contribution in [2.24, 2.45) is 5.73 Å². The number of unbranched alkanes of at least 4 members (excludes halogenated alkanes) is 7. The highest BCUT2D eigenvalue weighted by molar-refractivity contribution is 5.80. The third kappa shape index (κ3) is 10.9. The van der Waals surface area contributed by atoms with Gasteiger partial charge in [0.05, 0.1) is 6.10 Å². The molecular formula is C21H39NO7. The zero-order valence-corrected chi connectivity index (χ0v) is 17.5. The minimum Gasteiger partial charge on any atom is -0.480 e. The lowest BCUT2D eigenvalue weighted by Gasteiger charge is -2.33. The summed E-state index contributed by atoms with van der Waals surface area (Å²) in [5.41, 5.74) is 2.57. The SMILES string of the molecule is CCCCCCC(=O)CCCCCCC=CCC(O)C(O)C(N)(C(=O)O)C(O)O. The first-order chi connectivity index (χ1) is 13.7. The van der Waals surface area contributed by atoms with Crippen LogP contribution in [0.4, 0.5) is 0 Å². The summed E-state index contributed by atoms with van der Waals surface area (Å²) in [5, 5.41) is 46.9. The summed E-state index contributed by atoms with van der Waals surface area (Å²) in [4.78, 5) is 22.8. The van der Waals surface area contributed by atoms with Crippen molar-refractivity contribution in [2.45, 2.75) is 108 Å². The number of nitrogens with two attached hydrogens (primary N) is 1. The Bertz CT molecular complexity index is 495. The smallest absolute Gasteiger partial charge is 0.331 e. The van der Waals surface area contributed by atoms with Crippen LogP contribution in [0, 0.1) is 0 Å². The molecule has 0 amide bonds. The molecule has 29 heavy (non-hydrogen) atoms. The lowest BCUT2D eigenvalue weighted by atomic mass is 9.88. The van der Waals surface area contributed by atoms with Crippen LogP contribution in [0.2, 0.25) is 0 Å². The molecule has 8 nitrogen and oxygen atoms in total. The van der Waals surface area contributed by atoms with Crippen LogP contribution in [0.3, 0.4) is 0 Å². The van der Waals surface area contributed by atoms with Gasteiger partial charge in [-0.05, 0) is 32.1 Å². The summed E-state index contributed by atoms with van der Waals surface area (Å²) in [6.45, 7) is 2.15. The molecule has 3 atom stereocenters. The molecule has 0 fully saturated rings. The van der Waals surface area contributed by atoms with E-state index >= 15 is 0 Å². The maximum Gasteiger partial charge on any atom is 0.331 e. The fourth-order valence-electron chi connectivity index (χ4n) is 3.00. The molecule has 0 aliphatic rings. The normalized spacial score (nSPS) is 16.1. The van der Waals surface area contributed by atoms with Gasteiger partial charge in [0, 0.05) is 12.8 Å². The molecule has 8 heteroatoms. The van der Waals surface area contributed by atoms with Gasteiger partial charge < -0.3 is 31.3 Å². The summed E-state index contributed by atoms with van der Waals surface area (Å²) in [5.74, 6) is -1.47. The number of aliphatic carboxylic acids is 1. The Hall–Kier alpha value is -1.32. The third-order valence-electron chi connectivity index (χ3n) is 5.08. The number of carbonyl (C=O) groups excluding carboxylic acids is 1. The number of allylic oxidation sites excluding steroid dienone is 1. The Kier molecular flexibility index (Phi) is 14.8. The van der Waals surface area contributed by atoms with Crippen LogP contribution < -0.4 is 5.73 Å². The Morgan fingerprint density at radius 1 is 0.897 bits per heavy atom. The zero-order chi connectivity index (χ0) is 22.3. The number of carboxylic acids is 1. The van der Waals surface area contributed by atoms with Gasteiger partial charge in [-0.1, -0.05) is 51.2 Å². The fraction of sp³-hybridized carbons (Fsp3) is 0.810. The first kappa shape index (κ1) is 27.7. The van der Waals surface area contributed by atoms with Gasteiger partial charge in [-0.2, -0.15) is 0 Å². The molecule has 0 spiro atoms. The first-order valence-electron chi connectivity index (χ1n) is 10.6. The highest BCUT2D eigenvalue weighted by atomic mass is 16.5. The summed E-state index contributed by atoms with van der Waals surface area (Å²) in [6.07, 6.45) is 7.61. The van der Waals surface area contributed by atoms with Crippen LogP contribution in [0.25, 0.3) is 0 Å². The number of hydrogen-bond acceptors (Lipinski definition) is 7. The molecule has 170 valence electrons. The van der Waals surface area contributed by atoms with Crippen LogP contribution in [0.5, 0.6) is 0 Å². The van der Waals surface area contributed by atoms with E-state index in [1.54, 1.807) is 6.08 Å². The molecule has 0 bridgehead atoms. The number of carbonyl (C=O) groups is 2. The van der Waals surface area contributed by atoms with Crippen molar-refractivity contribution in [3.8, 4) is 0 Å². The van der Waals surface area contributed by atoms with E-state index in [4.69, 9.17) is 21.1 Å². The lowest BCUT2D eigenvalue weighted by molar-refractivity contribution is -0.185. The lowest BCUT2D eigenvalue weighted by Crippen LogP contribution is -2.67. The van der Waals surface area contributed by atoms with Crippen LogP contribution in [0.15, 0.2) is 12.2 Å². The molecule has 0 aliphatic carbocycles. The van der Waals surface area contributed by atoms with E-state index < -0.39 is 30.0 Å². The van der Waals surface area contributed by atoms with Gasteiger partial charge in [-0.3, -0.25) is 4.79 Å². The van der Waals surface area contributed by atoms with Crippen molar-refractivity contribution in [1.82, 2.24) is 0 Å². The molecule has 0 saturated heterocycles. The molecule has 0 heterocycles. The second kappa shape index (κ2) is 15.5. The van der Waals surface area contributed by atoms with Crippen LogP contribution >= 0.6 is 0 Å². The van der Waals surface area contributed by atoms with Crippen LogP contribution in [-0.4, -0.2) is 61.3 Å². The molecule has 3 unspecified atom stereocenters. The van der Waals surface area contributed by atoms with E-state index in [1.807, 2.05) is 6.08 Å². The highest BCUT2D eigenvalue weighted by Gasteiger charge is 2.50. The van der Waals surface area contributed by atoms with Gasteiger partial charge in [0.15, 0.2) is 11.8 Å². The predicted octanol–water partition coefficient (Wildman–Crippen LogP) is 1.63. The Morgan fingerprint density at radius 3 is 1.97 bits per heavy atom. The van der Waals surface area contributed by atoms with Crippen LogP contribution in [0.1, 0.15) is 84.0 Å².